The van der Waals surface area contributed by atoms with E-state index >= 15 is 0 Å². The van der Waals surface area contributed by atoms with E-state index in [1.54, 1.807) is 6.07 Å². The Hall–Kier alpha value is -3.06. The van der Waals surface area contributed by atoms with Gasteiger partial charge in [-0.15, -0.1) is 0 Å². The molecule has 146 valence electrons. The fourth-order valence-electron chi connectivity index (χ4n) is 3.55. The van der Waals surface area contributed by atoms with Gasteiger partial charge in [-0.3, -0.25) is 9.36 Å². The average molecular weight is 380 g/mol. The molecule has 1 N–H and O–H groups in total. The second-order valence-electron chi connectivity index (χ2n) is 7.09. The van der Waals surface area contributed by atoms with Crippen molar-refractivity contribution >= 4 is 28.4 Å². The van der Waals surface area contributed by atoms with Gasteiger partial charge in [-0.1, -0.05) is 24.3 Å². The maximum Gasteiger partial charge on any atom is 0.419 e. The summed E-state index contributed by atoms with van der Waals surface area (Å²) in [6.07, 6.45) is 0.195. The highest BCUT2D eigenvalue weighted by Gasteiger charge is 2.18. The molecule has 28 heavy (non-hydrogen) atoms. The Balaban J connectivity index is 1.44. The molecule has 0 bridgehead atoms. The molecule has 4 rings (SSSR count). The molecule has 2 heterocycles. The van der Waals surface area contributed by atoms with Gasteiger partial charge in [0.15, 0.2) is 5.58 Å². The van der Waals surface area contributed by atoms with Crippen LogP contribution in [0, 0.1) is 0 Å². The zero-order chi connectivity index (χ0) is 19.5. The molecule has 1 saturated heterocycles. The molecule has 0 aliphatic carbocycles. The number of rotatable bonds is 5. The Kier molecular flexibility index (Phi) is 5.16. The highest BCUT2D eigenvalue weighted by molar-refractivity contribution is 5.94. The van der Waals surface area contributed by atoms with E-state index < -0.39 is 5.76 Å². The van der Waals surface area contributed by atoms with E-state index in [4.69, 9.17) is 4.42 Å². The second-order valence-corrected chi connectivity index (χ2v) is 7.09. The summed E-state index contributed by atoms with van der Waals surface area (Å²) in [5, 5.41) is 3.01. The van der Waals surface area contributed by atoms with Crippen molar-refractivity contribution < 1.29 is 9.21 Å². The van der Waals surface area contributed by atoms with Crippen LogP contribution in [-0.4, -0.2) is 48.6 Å². The summed E-state index contributed by atoms with van der Waals surface area (Å²) >= 11 is 0. The van der Waals surface area contributed by atoms with Crippen molar-refractivity contribution in [3.8, 4) is 0 Å². The molecular weight excluding hydrogens is 356 g/mol. The van der Waals surface area contributed by atoms with E-state index in [2.05, 4.69) is 22.2 Å². The molecule has 7 nitrogen and oxygen atoms in total. The molecule has 0 unspecified atom stereocenters. The maximum absolute atomic E-state index is 12.6. The number of hydrogen-bond acceptors (Lipinski definition) is 5. The summed E-state index contributed by atoms with van der Waals surface area (Å²) < 4.78 is 6.72. The van der Waals surface area contributed by atoms with Gasteiger partial charge < -0.3 is 19.5 Å². The number of carbonyl (C=O) groups excluding carboxylic acids is 1. The number of nitrogens with zero attached hydrogens (tertiary/aromatic N) is 3. The Morgan fingerprint density at radius 1 is 1.04 bits per heavy atom. The summed E-state index contributed by atoms with van der Waals surface area (Å²) in [7, 11) is 2.12. The molecular formula is C21H24N4O3. The first kappa shape index (κ1) is 18.3. The van der Waals surface area contributed by atoms with E-state index in [-0.39, 0.29) is 18.9 Å². The molecule has 0 saturated carbocycles. The molecule has 3 aromatic rings. The highest BCUT2D eigenvalue weighted by Crippen LogP contribution is 2.26. The number of fused-ring (bicyclic) bond motifs is 1. The second kappa shape index (κ2) is 7.90. The molecule has 7 heteroatoms. The van der Waals surface area contributed by atoms with Crippen molar-refractivity contribution in [1.82, 2.24) is 9.47 Å². The minimum atomic E-state index is -0.438. The molecule has 1 aliphatic heterocycles. The molecule has 1 aromatic heterocycles. The molecule has 0 radical (unpaired) electrons. The lowest BCUT2D eigenvalue weighted by atomic mass is 10.2. The van der Waals surface area contributed by atoms with Gasteiger partial charge in [0.25, 0.3) is 0 Å². The topological polar surface area (TPSA) is 70.7 Å². The van der Waals surface area contributed by atoms with Crippen LogP contribution in [0.2, 0.25) is 0 Å². The third kappa shape index (κ3) is 3.80. The lowest BCUT2D eigenvalue weighted by Crippen LogP contribution is -2.44. The third-order valence-electron chi connectivity index (χ3n) is 5.16. The Morgan fingerprint density at radius 2 is 1.75 bits per heavy atom. The lowest BCUT2D eigenvalue weighted by molar-refractivity contribution is -0.116. The van der Waals surface area contributed by atoms with Crippen LogP contribution in [0.3, 0.4) is 0 Å². The van der Waals surface area contributed by atoms with Gasteiger partial charge in [0.05, 0.1) is 16.9 Å². The number of carbonyl (C=O) groups is 1. The predicted octanol–water partition coefficient (Wildman–Crippen LogP) is 2.38. The van der Waals surface area contributed by atoms with E-state index in [1.807, 2.05) is 42.5 Å². The van der Waals surface area contributed by atoms with Crippen LogP contribution < -0.4 is 16.0 Å². The summed E-state index contributed by atoms with van der Waals surface area (Å²) in [6.45, 7) is 4.13. The van der Waals surface area contributed by atoms with Crippen molar-refractivity contribution in [2.45, 2.75) is 13.0 Å². The number of amides is 1. The minimum Gasteiger partial charge on any atom is -0.408 e. The van der Waals surface area contributed by atoms with E-state index in [0.29, 0.717) is 11.1 Å². The average Bonchev–Trinajstić information content (AvgIpc) is 3.02. The summed E-state index contributed by atoms with van der Waals surface area (Å²) in [5.74, 6) is -0.564. The van der Waals surface area contributed by atoms with Gasteiger partial charge in [-0.05, 0) is 31.3 Å². The van der Waals surface area contributed by atoms with Gasteiger partial charge in [0.1, 0.15) is 0 Å². The van der Waals surface area contributed by atoms with Gasteiger partial charge in [0, 0.05) is 39.1 Å². The molecule has 0 spiro atoms. The largest absolute Gasteiger partial charge is 0.419 e. The number of aromatic nitrogens is 1. The predicted molar refractivity (Wildman–Crippen MR) is 110 cm³/mol. The quantitative estimate of drug-likeness (QED) is 0.736. The Bertz CT molecular complexity index is 1030. The number of anilines is 2. The van der Waals surface area contributed by atoms with Crippen LogP contribution in [0.25, 0.3) is 11.1 Å². The SMILES string of the molecule is CN1CCN(c2ccccc2NC(=O)CCn2c(=O)oc3ccccc32)CC1. The van der Waals surface area contributed by atoms with Crippen molar-refractivity contribution in [3.63, 3.8) is 0 Å². The van der Waals surface area contributed by atoms with Crippen molar-refractivity contribution in [3.05, 3.63) is 59.1 Å². The summed E-state index contributed by atoms with van der Waals surface area (Å²) in [6, 6.07) is 15.1. The summed E-state index contributed by atoms with van der Waals surface area (Å²) in [4.78, 5) is 29.2. The van der Waals surface area contributed by atoms with Crippen molar-refractivity contribution in [2.24, 2.45) is 0 Å². The molecule has 0 atom stereocenters. The normalized spacial score (nSPS) is 15.1. The van der Waals surface area contributed by atoms with Crippen LogP contribution in [0.1, 0.15) is 6.42 Å². The van der Waals surface area contributed by atoms with E-state index in [0.717, 1.165) is 37.6 Å². The number of benzene rings is 2. The van der Waals surface area contributed by atoms with E-state index in [1.165, 1.54) is 4.57 Å². The zero-order valence-corrected chi connectivity index (χ0v) is 15.9. The van der Waals surface area contributed by atoms with Gasteiger partial charge in [-0.2, -0.15) is 0 Å². The maximum atomic E-state index is 12.6. The Morgan fingerprint density at radius 3 is 2.57 bits per heavy atom. The van der Waals surface area contributed by atoms with Crippen LogP contribution in [-0.2, 0) is 11.3 Å². The fourth-order valence-corrected chi connectivity index (χ4v) is 3.55. The molecule has 1 fully saturated rings. The van der Waals surface area contributed by atoms with Crippen LogP contribution in [0.5, 0.6) is 0 Å². The first-order valence-electron chi connectivity index (χ1n) is 9.52. The first-order valence-corrected chi connectivity index (χ1v) is 9.52. The van der Waals surface area contributed by atoms with Crippen molar-refractivity contribution in [1.29, 1.82) is 0 Å². The first-order chi connectivity index (χ1) is 13.6. The van der Waals surface area contributed by atoms with Gasteiger partial charge in [0.2, 0.25) is 5.91 Å². The number of likely N-dealkylation sites (N-methyl/N-ethyl adjacent to an activating group) is 1. The molecule has 1 amide bonds. The monoisotopic (exact) mass is 380 g/mol. The molecule has 2 aromatic carbocycles. The van der Waals surface area contributed by atoms with Crippen LogP contribution >= 0.6 is 0 Å². The van der Waals surface area contributed by atoms with E-state index in [9.17, 15) is 9.59 Å². The van der Waals surface area contributed by atoms with Crippen LogP contribution in [0.15, 0.2) is 57.7 Å². The lowest BCUT2D eigenvalue weighted by Gasteiger charge is -2.35. The van der Waals surface area contributed by atoms with Crippen LogP contribution in [0.4, 0.5) is 11.4 Å². The molecule has 1 aliphatic rings. The van der Waals surface area contributed by atoms with Crippen molar-refractivity contribution in [2.75, 3.05) is 43.4 Å². The standard InChI is InChI=1S/C21H24N4O3/c1-23-12-14-24(15-13-23)17-7-3-2-6-16(17)22-20(26)10-11-25-18-8-4-5-9-19(18)28-21(25)27/h2-9H,10-15H2,1H3,(H,22,26). The zero-order valence-electron chi connectivity index (χ0n) is 15.9. The number of oxazole rings is 1. The number of para-hydroxylation sites is 4. The number of hydrogen-bond donors (Lipinski definition) is 1. The summed E-state index contributed by atoms with van der Waals surface area (Å²) in [5.41, 5.74) is 3.09. The number of nitrogens with one attached hydrogen (secondary N) is 1. The number of piperazine rings is 1. The Labute approximate surface area is 163 Å². The van der Waals surface area contributed by atoms with Gasteiger partial charge >= 0.3 is 5.76 Å². The fraction of sp³-hybridized carbons (Fsp3) is 0.333. The highest BCUT2D eigenvalue weighted by atomic mass is 16.4. The number of aryl methyl sites for hydroxylation is 1. The van der Waals surface area contributed by atoms with Gasteiger partial charge in [-0.25, -0.2) is 4.79 Å². The third-order valence-corrected chi connectivity index (χ3v) is 5.16. The minimum absolute atomic E-state index is 0.126. The smallest absolute Gasteiger partial charge is 0.408 e.